The molecule has 58 heavy (non-hydrogen) atoms. The standard InChI is InChI=1S/C54H93NO3/c1-3-5-7-9-11-13-15-16-17-18-19-20-21-22-23-24-25-26-27-28-29-30-31-32-33-34-35-36-37-38-40-42-44-46-48-50-54(58)55-52(51-56)53(57)49-47-45-43-41-39-14-12-10-8-6-4-2/h5,7,11,13,16-17,19-20,22-23,25-26,39,41,47,49,52-53,56-57H,3-4,6,8-10,12,14-15,18,21,24,27-38,40,42-46,48,50-51H2,1-2H3,(H,55,58)/b7-5-,13-11-,17-16-,20-19-,23-22-,26-25-,41-39+,49-47+. The van der Waals surface area contributed by atoms with Gasteiger partial charge in [-0.1, -0.05) is 227 Å². The van der Waals surface area contributed by atoms with Crippen molar-refractivity contribution >= 4 is 5.91 Å². The SMILES string of the molecule is CC/C=C\C/C=C\C/C=C\C/C=C\C/C=C\C/C=C\CCCCCCCCCCCCCCCCCCC(=O)NC(CO)C(O)/C=C/CC/C=C/CCCCCCC. The monoisotopic (exact) mass is 804 g/mol. The molecule has 0 aromatic carbocycles. The van der Waals surface area contributed by atoms with Gasteiger partial charge in [0.1, 0.15) is 0 Å². The van der Waals surface area contributed by atoms with Crippen LogP contribution in [0.1, 0.15) is 219 Å². The van der Waals surface area contributed by atoms with Crippen molar-refractivity contribution < 1.29 is 15.0 Å². The second kappa shape index (κ2) is 48.7. The minimum Gasteiger partial charge on any atom is -0.394 e. The topological polar surface area (TPSA) is 69.6 Å². The minimum atomic E-state index is -0.864. The first-order valence-electron chi connectivity index (χ1n) is 24.5. The van der Waals surface area contributed by atoms with Crippen LogP contribution in [0.15, 0.2) is 97.2 Å². The number of hydrogen-bond acceptors (Lipinski definition) is 3. The lowest BCUT2D eigenvalue weighted by Crippen LogP contribution is -2.45. The predicted octanol–water partition coefficient (Wildman–Crippen LogP) is 15.8. The van der Waals surface area contributed by atoms with Crippen molar-refractivity contribution in [3.8, 4) is 0 Å². The van der Waals surface area contributed by atoms with Gasteiger partial charge in [0.25, 0.3) is 0 Å². The Bertz CT molecular complexity index is 1090. The second-order valence-corrected chi connectivity index (χ2v) is 16.1. The van der Waals surface area contributed by atoms with Gasteiger partial charge in [-0.25, -0.2) is 0 Å². The molecule has 0 aromatic heterocycles. The zero-order valence-corrected chi connectivity index (χ0v) is 38.0. The van der Waals surface area contributed by atoms with Crippen LogP contribution in [-0.2, 0) is 4.79 Å². The Morgan fingerprint density at radius 1 is 0.431 bits per heavy atom. The third-order valence-electron chi connectivity index (χ3n) is 10.6. The number of allylic oxidation sites excluding steroid dienone is 15. The molecule has 2 atom stereocenters. The average molecular weight is 804 g/mol. The molecule has 0 aliphatic carbocycles. The molecule has 0 rings (SSSR count). The van der Waals surface area contributed by atoms with Crippen LogP contribution in [-0.4, -0.2) is 34.9 Å². The van der Waals surface area contributed by atoms with Gasteiger partial charge in [0.2, 0.25) is 5.91 Å². The minimum absolute atomic E-state index is 0.0785. The van der Waals surface area contributed by atoms with Crippen molar-refractivity contribution in [2.24, 2.45) is 0 Å². The Balaban J connectivity index is 3.52. The molecule has 0 bridgehead atoms. The largest absolute Gasteiger partial charge is 0.394 e. The van der Waals surface area contributed by atoms with Crippen molar-refractivity contribution in [3.63, 3.8) is 0 Å². The lowest BCUT2D eigenvalue weighted by atomic mass is 10.0. The van der Waals surface area contributed by atoms with Gasteiger partial charge in [0.05, 0.1) is 18.8 Å². The average Bonchev–Trinajstić information content (AvgIpc) is 3.23. The molecule has 0 saturated carbocycles. The highest BCUT2D eigenvalue weighted by molar-refractivity contribution is 5.76. The van der Waals surface area contributed by atoms with E-state index in [0.29, 0.717) is 6.42 Å². The van der Waals surface area contributed by atoms with Gasteiger partial charge < -0.3 is 15.5 Å². The highest BCUT2D eigenvalue weighted by Gasteiger charge is 2.17. The number of carbonyl (C=O) groups excluding carboxylic acids is 1. The van der Waals surface area contributed by atoms with Crippen molar-refractivity contribution in [2.45, 2.75) is 231 Å². The molecule has 0 heterocycles. The van der Waals surface area contributed by atoms with Crippen LogP contribution in [0.2, 0.25) is 0 Å². The fourth-order valence-corrected chi connectivity index (χ4v) is 6.84. The van der Waals surface area contributed by atoms with E-state index in [4.69, 9.17) is 0 Å². The van der Waals surface area contributed by atoms with Crippen LogP contribution in [0.25, 0.3) is 0 Å². The Labute approximate surface area is 360 Å². The summed E-state index contributed by atoms with van der Waals surface area (Å²) in [7, 11) is 0. The third kappa shape index (κ3) is 44.4. The summed E-state index contributed by atoms with van der Waals surface area (Å²) in [4.78, 5) is 12.4. The molecule has 332 valence electrons. The molecule has 0 aliphatic rings. The van der Waals surface area contributed by atoms with Crippen LogP contribution < -0.4 is 5.32 Å². The number of amides is 1. The molecule has 0 spiro atoms. The number of nitrogens with one attached hydrogen (secondary N) is 1. The van der Waals surface area contributed by atoms with Gasteiger partial charge >= 0.3 is 0 Å². The first-order chi connectivity index (χ1) is 28.7. The van der Waals surface area contributed by atoms with Crippen LogP contribution in [0.3, 0.4) is 0 Å². The Morgan fingerprint density at radius 2 is 0.776 bits per heavy atom. The summed E-state index contributed by atoms with van der Waals surface area (Å²) in [5, 5.41) is 22.9. The molecular formula is C54H93NO3. The molecule has 2 unspecified atom stereocenters. The van der Waals surface area contributed by atoms with Crippen molar-refractivity contribution in [1.29, 1.82) is 0 Å². The summed E-state index contributed by atoms with van der Waals surface area (Å²) in [6.45, 7) is 4.15. The van der Waals surface area contributed by atoms with E-state index >= 15 is 0 Å². The van der Waals surface area contributed by atoms with E-state index in [1.807, 2.05) is 6.08 Å². The Kier molecular flexibility index (Phi) is 46.4. The lowest BCUT2D eigenvalue weighted by Gasteiger charge is -2.19. The predicted molar refractivity (Wildman–Crippen MR) is 257 cm³/mol. The molecule has 4 heteroatoms. The first-order valence-corrected chi connectivity index (χ1v) is 24.5. The van der Waals surface area contributed by atoms with E-state index in [2.05, 4.69) is 104 Å². The number of unbranched alkanes of at least 4 members (excludes halogenated alkanes) is 22. The van der Waals surface area contributed by atoms with Gasteiger partial charge in [0, 0.05) is 6.42 Å². The maximum absolute atomic E-state index is 12.4. The first kappa shape index (κ1) is 55.3. The summed E-state index contributed by atoms with van der Waals surface area (Å²) >= 11 is 0. The van der Waals surface area contributed by atoms with Crippen LogP contribution in [0.4, 0.5) is 0 Å². The van der Waals surface area contributed by atoms with Crippen molar-refractivity contribution in [1.82, 2.24) is 5.32 Å². The van der Waals surface area contributed by atoms with Gasteiger partial charge in [-0.05, 0) is 83.5 Å². The highest BCUT2D eigenvalue weighted by Crippen LogP contribution is 2.15. The Hall–Kier alpha value is -2.69. The van der Waals surface area contributed by atoms with Gasteiger partial charge in [-0.2, -0.15) is 0 Å². The summed E-state index contributed by atoms with van der Waals surface area (Å²) in [5.41, 5.74) is 0. The molecule has 0 radical (unpaired) electrons. The van der Waals surface area contributed by atoms with Crippen LogP contribution >= 0.6 is 0 Å². The highest BCUT2D eigenvalue weighted by atomic mass is 16.3. The summed E-state index contributed by atoms with van der Waals surface area (Å²) < 4.78 is 0. The normalized spacial score (nSPS) is 13.8. The van der Waals surface area contributed by atoms with E-state index in [9.17, 15) is 15.0 Å². The van der Waals surface area contributed by atoms with E-state index in [1.165, 1.54) is 128 Å². The van der Waals surface area contributed by atoms with E-state index in [-0.39, 0.29) is 12.5 Å². The van der Waals surface area contributed by atoms with Gasteiger partial charge in [0.15, 0.2) is 0 Å². The van der Waals surface area contributed by atoms with Gasteiger partial charge in [-0.3, -0.25) is 4.79 Å². The maximum Gasteiger partial charge on any atom is 0.220 e. The van der Waals surface area contributed by atoms with Crippen molar-refractivity contribution in [2.75, 3.05) is 6.61 Å². The van der Waals surface area contributed by atoms with E-state index in [0.717, 1.165) is 70.6 Å². The van der Waals surface area contributed by atoms with E-state index < -0.39 is 12.1 Å². The fraction of sp³-hybridized carbons (Fsp3) is 0.685. The smallest absolute Gasteiger partial charge is 0.220 e. The number of aliphatic hydroxyl groups is 2. The fourth-order valence-electron chi connectivity index (χ4n) is 6.84. The van der Waals surface area contributed by atoms with E-state index in [1.54, 1.807) is 6.08 Å². The summed E-state index contributed by atoms with van der Waals surface area (Å²) in [5.74, 6) is -0.0785. The molecule has 3 N–H and O–H groups in total. The van der Waals surface area contributed by atoms with Crippen LogP contribution in [0, 0.1) is 0 Å². The third-order valence-corrected chi connectivity index (χ3v) is 10.6. The zero-order valence-electron chi connectivity index (χ0n) is 38.0. The van der Waals surface area contributed by atoms with Gasteiger partial charge in [-0.15, -0.1) is 0 Å². The quantitative estimate of drug-likeness (QED) is 0.0425. The molecule has 0 aliphatic heterocycles. The second-order valence-electron chi connectivity index (χ2n) is 16.1. The summed E-state index contributed by atoms with van der Waals surface area (Å²) in [6, 6.07) is -0.641. The van der Waals surface area contributed by atoms with Crippen molar-refractivity contribution in [3.05, 3.63) is 97.2 Å². The lowest BCUT2D eigenvalue weighted by molar-refractivity contribution is -0.123. The molecule has 1 amide bonds. The van der Waals surface area contributed by atoms with Crippen LogP contribution in [0.5, 0.6) is 0 Å². The summed E-state index contributed by atoms with van der Waals surface area (Å²) in [6.07, 6.45) is 72.6. The number of hydrogen-bond donors (Lipinski definition) is 3. The number of aliphatic hydroxyl groups excluding tert-OH is 2. The number of carbonyl (C=O) groups is 1. The number of rotatable bonds is 43. The Morgan fingerprint density at radius 3 is 1.21 bits per heavy atom. The maximum atomic E-state index is 12.4. The zero-order chi connectivity index (χ0) is 42.1. The molecule has 0 saturated heterocycles. The molecule has 0 fully saturated rings. The molecule has 0 aromatic rings. The molecule has 4 nitrogen and oxygen atoms in total. The molecular weight excluding hydrogens is 711 g/mol.